The van der Waals surface area contributed by atoms with Gasteiger partial charge in [-0.2, -0.15) is 0 Å². The number of amides is 1. The topological polar surface area (TPSA) is 33.2 Å². The van der Waals surface area contributed by atoms with Crippen molar-refractivity contribution in [2.45, 2.75) is 25.7 Å². The maximum absolute atomic E-state index is 12.5. The van der Waals surface area contributed by atoms with E-state index in [0.717, 1.165) is 37.2 Å². The van der Waals surface area contributed by atoms with Gasteiger partial charge < -0.3 is 4.90 Å². The Labute approximate surface area is 125 Å². The van der Waals surface area contributed by atoms with E-state index in [9.17, 15) is 4.79 Å². The molecule has 0 atom stereocenters. The van der Waals surface area contributed by atoms with E-state index < -0.39 is 0 Å². The van der Waals surface area contributed by atoms with Crippen molar-refractivity contribution in [2.24, 2.45) is 0 Å². The van der Waals surface area contributed by atoms with Gasteiger partial charge in [0.1, 0.15) is 0 Å². The van der Waals surface area contributed by atoms with Crippen LogP contribution in [0.5, 0.6) is 0 Å². The molecule has 0 unspecified atom stereocenters. The molecule has 3 heteroatoms. The molecular formula is C18H20N2O. The summed E-state index contributed by atoms with van der Waals surface area (Å²) >= 11 is 0. The summed E-state index contributed by atoms with van der Waals surface area (Å²) < 4.78 is 0. The molecule has 108 valence electrons. The fourth-order valence-corrected chi connectivity index (χ4v) is 2.87. The second-order valence-corrected chi connectivity index (χ2v) is 5.69. The minimum Gasteiger partial charge on any atom is -0.339 e. The molecule has 1 fully saturated rings. The van der Waals surface area contributed by atoms with Crippen LogP contribution in [0.3, 0.4) is 0 Å². The van der Waals surface area contributed by atoms with Crippen LogP contribution in [0, 0.1) is 6.92 Å². The summed E-state index contributed by atoms with van der Waals surface area (Å²) in [5.74, 6) is 0.628. The lowest BCUT2D eigenvalue weighted by Gasteiger charge is -2.31. The van der Waals surface area contributed by atoms with Crippen LogP contribution in [0.1, 0.15) is 40.4 Å². The molecule has 3 nitrogen and oxygen atoms in total. The van der Waals surface area contributed by atoms with E-state index in [-0.39, 0.29) is 5.91 Å². The third kappa shape index (κ3) is 3.13. The molecule has 2 heterocycles. The highest BCUT2D eigenvalue weighted by molar-refractivity contribution is 5.94. The lowest BCUT2D eigenvalue weighted by Crippen LogP contribution is -2.38. The number of piperidine rings is 1. The highest BCUT2D eigenvalue weighted by atomic mass is 16.2. The molecule has 1 aromatic heterocycles. The zero-order chi connectivity index (χ0) is 14.7. The van der Waals surface area contributed by atoms with Crippen molar-refractivity contribution in [1.29, 1.82) is 0 Å². The van der Waals surface area contributed by atoms with E-state index in [1.807, 2.05) is 54.4 Å². The molecule has 1 saturated heterocycles. The number of hydrogen-bond donors (Lipinski definition) is 0. The van der Waals surface area contributed by atoms with Gasteiger partial charge in [-0.25, -0.2) is 0 Å². The van der Waals surface area contributed by atoms with Gasteiger partial charge in [0, 0.05) is 36.5 Å². The van der Waals surface area contributed by atoms with Crippen LogP contribution in [0.2, 0.25) is 0 Å². The first-order valence-corrected chi connectivity index (χ1v) is 7.51. The fourth-order valence-electron chi connectivity index (χ4n) is 2.87. The number of aromatic nitrogens is 1. The second-order valence-electron chi connectivity index (χ2n) is 5.69. The Kier molecular flexibility index (Phi) is 4.00. The normalized spacial score (nSPS) is 16.0. The SMILES string of the molecule is Cc1ccc(C(=O)N2CCC(c3ccccn3)CC2)cc1. The summed E-state index contributed by atoms with van der Waals surface area (Å²) in [6, 6.07) is 13.9. The molecule has 21 heavy (non-hydrogen) atoms. The molecule has 0 radical (unpaired) electrons. The smallest absolute Gasteiger partial charge is 0.253 e. The summed E-state index contributed by atoms with van der Waals surface area (Å²) in [5, 5.41) is 0. The number of likely N-dealkylation sites (tertiary alicyclic amines) is 1. The van der Waals surface area contributed by atoms with Gasteiger partial charge in [-0.05, 0) is 44.0 Å². The monoisotopic (exact) mass is 280 g/mol. The summed E-state index contributed by atoms with van der Waals surface area (Å²) in [7, 11) is 0. The third-order valence-corrected chi connectivity index (χ3v) is 4.19. The van der Waals surface area contributed by atoms with Gasteiger partial charge in [-0.1, -0.05) is 23.8 Å². The number of rotatable bonds is 2. The molecule has 1 amide bonds. The molecule has 3 rings (SSSR count). The van der Waals surface area contributed by atoms with E-state index in [1.54, 1.807) is 0 Å². The van der Waals surface area contributed by atoms with Gasteiger partial charge in [0.15, 0.2) is 0 Å². The average molecular weight is 280 g/mol. The summed E-state index contributed by atoms with van der Waals surface area (Å²) in [5.41, 5.74) is 3.12. The Hall–Kier alpha value is -2.16. The number of carbonyl (C=O) groups is 1. The molecule has 0 N–H and O–H groups in total. The number of aryl methyl sites for hydroxylation is 1. The van der Waals surface area contributed by atoms with Gasteiger partial charge in [-0.15, -0.1) is 0 Å². The van der Waals surface area contributed by atoms with Crippen molar-refractivity contribution in [3.63, 3.8) is 0 Å². The van der Waals surface area contributed by atoms with Crippen LogP contribution < -0.4 is 0 Å². The van der Waals surface area contributed by atoms with Crippen molar-refractivity contribution in [2.75, 3.05) is 13.1 Å². The Morgan fingerprint density at radius 1 is 1.10 bits per heavy atom. The zero-order valence-electron chi connectivity index (χ0n) is 12.3. The lowest BCUT2D eigenvalue weighted by molar-refractivity contribution is 0.0712. The van der Waals surface area contributed by atoms with Crippen molar-refractivity contribution >= 4 is 5.91 Å². The van der Waals surface area contributed by atoms with Crippen LogP contribution in [-0.2, 0) is 0 Å². The lowest BCUT2D eigenvalue weighted by atomic mass is 9.92. The fraction of sp³-hybridized carbons (Fsp3) is 0.333. The number of pyridine rings is 1. The highest BCUT2D eigenvalue weighted by Crippen LogP contribution is 2.27. The molecule has 0 bridgehead atoms. The Morgan fingerprint density at radius 2 is 1.81 bits per heavy atom. The van der Waals surface area contributed by atoms with Gasteiger partial charge in [0.05, 0.1) is 0 Å². The van der Waals surface area contributed by atoms with Crippen molar-refractivity contribution in [3.05, 3.63) is 65.5 Å². The van der Waals surface area contributed by atoms with Crippen molar-refractivity contribution in [1.82, 2.24) is 9.88 Å². The highest BCUT2D eigenvalue weighted by Gasteiger charge is 2.24. The largest absolute Gasteiger partial charge is 0.339 e. The number of benzene rings is 1. The molecule has 1 aromatic carbocycles. The first-order chi connectivity index (χ1) is 10.2. The molecule has 0 aliphatic carbocycles. The average Bonchev–Trinajstić information content (AvgIpc) is 2.56. The van der Waals surface area contributed by atoms with E-state index in [1.165, 1.54) is 5.56 Å². The molecular weight excluding hydrogens is 260 g/mol. The molecule has 0 saturated carbocycles. The van der Waals surface area contributed by atoms with Crippen molar-refractivity contribution in [3.8, 4) is 0 Å². The third-order valence-electron chi connectivity index (χ3n) is 4.19. The standard InChI is InChI=1S/C18H20N2O/c1-14-5-7-16(8-6-14)18(21)20-12-9-15(10-13-20)17-4-2-3-11-19-17/h2-8,11,15H,9-10,12-13H2,1H3. The first kappa shape index (κ1) is 13.8. The van der Waals surface area contributed by atoms with Gasteiger partial charge in [0.2, 0.25) is 0 Å². The van der Waals surface area contributed by atoms with Crippen LogP contribution in [0.25, 0.3) is 0 Å². The second kappa shape index (κ2) is 6.08. The number of carbonyl (C=O) groups excluding carboxylic acids is 1. The van der Waals surface area contributed by atoms with Gasteiger partial charge in [-0.3, -0.25) is 9.78 Å². The predicted octanol–water partition coefficient (Wildman–Crippen LogP) is 3.41. The van der Waals surface area contributed by atoms with Crippen LogP contribution in [0.4, 0.5) is 0 Å². The van der Waals surface area contributed by atoms with Crippen LogP contribution >= 0.6 is 0 Å². The predicted molar refractivity (Wildman–Crippen MR) is 83.3 cm³/mol. The zero-order valence-corrected chi connectivity index (χ0v) is 12.3. The maximum Gasteiger partial charge on any atom is 0.253 e. The molecule has 2 aromatic rings. The van der Waals surface area contributed by atoms with E-state index in [4.69, 9.17) is 0 Å². The Morgan fingerprint density at radius 3 is 2.43 bits per heavy atom. The summed E-state index contributed by atoms with van der Waals surface area (Å²) in [6.07, 6.45) is 3.84. The number of hydrogen-bond acceptors (Lipinski definition) is 2. The quantitative estimate of drug-likeness (QED) is 0.844. The number of nitrogens with zero attached hydrogens (tertiary/aromatic N) is 2. The first-order valence-electron chi connectivity index (χ1n) is 7.51. The van der Waals surface area contributed by atoms with E-state index >= 15 is 0 Å². The summed E-state index contributed by atoms with van der Waals surface area (Å²) in [6.45, 7) is 3.66. The molecule has 1 aliphatic heterocycles. The maximum atomic E-state index is 12.5. The molecule has 0 spiro atoms. The van der Waals surface area contributed by atoms with Gasteiger partial charge >= 0.3 is 0 Å². The Bertz CT molecular complexity index is 599. The van der Waals surface area contributed by atoms with E-state index in [0.29, 0.717) is 5.92 Å². The van der Waals surface area contributed by atoms with E-state index in [2.05, 4.69) is 11.1 Å². The minimum absolute atomic E-state index is 0.148. The van der Waals surface area contributed by atoms with Crippen LogP contribution in [-0.4, -0.2) is 28.9 Å². The Balaban J connectivity index is 1.63. The van der Waals surface area contributed by atoms with Crippen molar-refractivity contribution < 1.29 is 4.79 Å². The summed E-state index contributed by atoms with van der Waals surface area (Å²) in [4.78, 5) is 18.9. The van der Waals surface area contributed by atoms with Crippen LogP contribution in [0.15, 0.2) is 48.7 Å². The van der Waals surface area contributed by atoms with Gasteiger partial charge in [0.25, 0.3) is 5.91 Å². The minimum atomic E-state index is 0.148. The molecule has 1 aliphatic rings.